The maximum atomic E-state index is 12.6. The molecule has 9 nitrogen and oxygen atoms in total. The van der Waals surface area contributed by atoms with Gasteiger partial charge in [0.25, 0.3) is 5.91 Å². The number of nitro groups is 1. The van der Waals surface area contributed by atoms with E-state index in [0.29, 0.717) is 11.1 Å². The maximum Gasteiger partial charge on any atom is 0.311 e. The predicted octanol–water partition coefficient (Wildman–Crippen LogP) is 3.31. The number of nitrogens with zero attached hydrogens (tertiary/aromatic N) is 2. The molecule has 0 fully saturated rings. The van der Waals surface area contributed by atoms with Gasteiger partial charge in [0.2, 0.25) is 5.91 Å². The molecule has 0 saturated carbocycles. The van der Waals surface area contributed by atoms with Crippen molar-refractivity contribution in [1.29, 1.82) is 0 Å². The van der Waals surface area contributed by atoms with Crippen LogP contribution in [0, 0.1) is 10.1 Å². The molecule has 3 N–H and O–H groups in total. The molecule has 3 rings (SSSR count). The Morgan fingerprint density at radius 3 is 2.34 bits per heavy atom. The molecule has 3 aromatic carbocycles. The van der Waals surface area contributed by atoms with Crippen LogP contribution in [0.1, 0.15) is 33.9 Å². The number of nitro benzene ring substituents is 1. The van der Waals surface area contributed by atoms with Crippen molar-refractivity contribution in [2.24, 2.45) is 5.10 Å². The van der Waals surface area contributed by atoms with Gasteiger partial charge in [-0.25, -0.2) is 5.43 Å². The molecule has 0 spiro atoms. The van der Waals surface area contributed by atoms with Gasteiger partial charge < -0.3 is 10.4 Å². The van der Waals surface area contributed by atoms with Crippen LogP contribution in [0.4, 0.5) is 5.69 Å². The summed E-state index contributed by atoms with van der Waals surface area (Å²) in [6, 6.07) is 20.9. The van der Waals surface area contributed by atoms with Crippen LogP contribution in [-0.4, -0.2) is 28.1 Å². The molecule has 0 aliphatic carbocycles. The molecule has 0 unspecified atom stereocenters. The van der Waals surface area contributed by atoms with Gasteiger partial charge >= 0.3 is 5.69 Å². The summed E-state index contributed by atoms with van der Waals surface area (Å²) in [5, 5.41) is 27.1. The standard InChI is InChI=1S/C23H20N4O5/c28-21-12-11-16(13-20(21)27(31)32)15-24-26-22(29)14-19(17-7-3-1-4-8-17)25-23(30)18-9-5-2-6-10-18/h1-13,15,19,28H,14H2,(H,25,30)(H,26,29)/b24-15-/t19-/m0/s1. The second-order valence-corrected chi connectivity index (χ2v) is 6.81. The number of hydrogen-bond donors (Lipinski definition) is 3. The lowest BCUT2D eigenvalue weighted by molar-refractivity contribution is -0.385. The zero-order valence-electron chi connectivity index (χ0n) is 16.8. The van der Waals surface area contributed by atoms with Crippen molar-refractivity contribution >= 4 is 23.7 Å². The summed E-state index contributed by atoms with van der Waals surface area (Å²) in [7, 11) is 0. The van der Waals surface area contributed by atoms with Crippen LogP contribution in [0.3, 0.4) is 0 Å². The lowest BCUT2D eigenvalue weighted by Gasteiger charge is -2.18. The first-order valence-electron chi connectivity index (χ1n) is 9.64. The predicted molar refractivity (Wildman–Crippen MR) is 118 cm³/mol. The Balaban J connectivity index is 1.67. The van der Waals surface area contributed by atoms with Crippen LogP contribution in [-0.2, 0) is 4.79 Å². The molecule has 0 saturated heterocycles. The normalized spacial score (nSPS) is 11.6. The summed E-state index contributed by atoms with van der Waals surface area (Å²) in [5.41, 5.74) is 3.44. The van der Waals surface area contributed by atoms with Gasteiger partial charge in [-0.2, -0.15) is 5.10 Å². The summed E-state index contributed by atoms with van der Waals surface area (Å²) in [6.07, 6.45) is 1.15. The Labute approximate surface area is 183 Å². The highest BCUT2D eigenvalue weighted by atomic mass is 16.6. The largest absolute Gasteiger partial charge is 0.502 e. The van der Waals surface area contributed by atoms with Crippen molar-refractivity contribution in [1.82, 2.24) is 10.7 Å². The number of rotatable bonds is 8. The van der Waals surface area contributed by atoms with Crippen molar-refractivity contribution in [3.63, 3.8) is 0 Å². The Morgan fingerprint density at radius 1 is 1.03 bits per heavy atom. The van der Waals surface area contributed by atoms with Crippen LogP contribution >= 0.6 is 0 Å². The third kappa shape index (κ3) is 5.99. The highest BCUT2D eigenvalue weighted by molar-refractivity contribution is 5.94. The number of carbonyl (C=O) groups excluding carboxylic acids is 2. The number of benzene rings is 3. The molecule has 162 valence electrons. The molecule has 0 aliphatic rings. The highest BCUT2D eigenvalue weighted by Crippen LogP contribution is 2.25. The molecule has 0 bridgehead atoms. The molecule has 0 aromatic heterocycles. The van der Waals surface area contributed by atoms with Crippen LogP contribution in [0.5, 0.6) is 5.75 Å². The number of nitrogens with one attached hydrogen (secondary N) is 2. The number of phenols is 1. The Morgan fingerprint density at radius 2 is 1.69 bits per heavy atom. The van der Waals surface area contributed by atoms with E-state index in [-0.39, 0.29) is 12.3 Å². The minimum atomic E-state index is -0.717. The van der Waals surface area contributed by atoms with Gasteiger partial charge in [-0.05, 0) is 29.8 Å². The summed E-state index contributed by atoms with van der Waals surface area (Å²) in [6.45, 7) is 0. The first-order chi connectivity index (χ1) is 15.4. The average Bonchev–Trinajstić information content (AvgIpc) is 2.80. The third-order valence-corrected chi connectivity index (χ3v) is 4.53. The molecule has 9 heteroatoms. The first kappa shape index (κ1) is 22.2. The lowest BCUT2D eigenvalue weighted by atomic mass is 10.0. The van der Waals surface area contributed by atoms with Gasteiger partial charge in [0, 0.05) is 17.2 Å². The Kier molecular flexibility index (Phi) is 7.26. The average molecular weight is 432 g/mol. The number of aromatic hydroxyl groups is 1. The molecule has 0 heterocycles. The molecular formula is C23H20N4O5. The molecular weight excluding hydrogens is 412 g/mol. The van der Waals surface area contributed by atoms with E-state index in [1.807, 2.05) is 30.3 Å². The number of carbonyl (C=O) groups is 2. The second-order valence-electron chi connectivity index (χ2n) is 6.81. The zero-order chi connectivity index (χ0) is 22.9. The summed E-state index contributed by atoms with van der Waals surface area (Å²) in [5.74, 6) is -1.24. The monoisotopic (exact) mass is 432 g/mol. The quantitative estimate of drug-likeness (QED) is 0.285. The molecule has 0 radical (unpaired) electrons. The minimum absolute atomic E-state index is 0.0738. The van der Waals surface area contributed by atoms with Crippen LogP contribution in [0.2, 0.25) is 0 Å². The minimum Gasteiger partial charge on any atom is -0.502 e. The topological polar surface area (TPSA) is 134 Å². The number of hydrazone groups is 1. The van der Waals surface area contributed by atoms with Gasteiger partial charge in [-0.1, -0.05) is 48.5 Å². The first-order valence-corrected chi connectivity index (χ1v) is 9.64. The maximum absolute atomic E-state index is 12.6. The fraction of sp³-hybridized carbons (Fsp3) is 0.0870. The zero-order valence-corrected chi connectivity index (χ0v) is 16.8. The second kappa shape index (κ2) is 10.5. The third-order valence-electron chi connectivity index (χ3n) is 4.53. The van der Waals surface area contributed by atoms with Crippen molar-refractivity contribution in [3.8, 4) is 5.75 Å². The summed E-state index contributed by atoms with van der Waals surface area (Å²) in [4.78, 5) is 35.2. The Bertz CT molecular complexity index is 1130. The van der Waals surface area contributed by atoms with E-state index in [1.54, 1.807) is 30.3 Å². The van der Waals surface area contributed by atoms with E-state index >= 15 is 0 Å². The van der Waals surface area contributed by atoms with E-state index < -0.39 is 28.3 Å². The van der Waals surface area contributed by atoms with E-state index in [4.69, 9.17) is 0 Å². The van der Waals surface area contributed by atoms with Crippen molar-refractivity contribution < 1.29 is 19.6 Å². The van der Waals surface area contributed by atoms with Crippen molar-refractivity contribution in [2.45, 2.75) is 12.5 Å². The fourth-order valence-corrected chi connectivity index (χ4v) is 2.95. The molecule has 1 atom stereocenters. The van der Waals surface area contributed by atoms with Crippen molar-refractivity contribution in [2.75, 3.05) is 0 Å². The smallest absolute Gasteiger partial charge is 0.311 e. The fourth-order valence-electron chi connectivity index (χ4n) is 2.95. The highest BCUT2D eigenvalue weighted by Gasteiger charge is 2.19. The molecule has 32 heavy (non-hydrogen) atoms. The lowest BCUT2D eigenvalue weighted by Crippen LogP contribution is -2.32. The van der Waals surface area contributed by atoms with E-state index in [2.05, 4.69) is 15.8 Å². The molecule has 0 aliphatic heterocycles. The number of phenolic OH excluding ortho intramolecular Hbond substituents is 1. The molecule has 2 amide bonds. The van der Waals surface area contributed by atoms with Crippen LogP contribution < -0.4 is 10.7 Å². The number of hydrogen-bond acceptors (Lipinski definition) is 6. The SMILES string of the molecule is O=C(C[C@H](NC(=O)c1ccccc1)c1ccccc1)N/N=C\c1ccc(O)c([N+](=O)[O-])c1. The summed E-state index contributed by atoms with van der Waals surface area (Å²) >= 11 is 0. The van der Waals surface area contributed by atoms with E-state index in [9.17, 15) is 24.8 Å². The van der Waals surface area contributed by atoms with Gasteiger partial charge in [-0.3, -0.25) is 19.7 Å². The van der Waals surface area contributed by atoms with E-state index in [1.165, 1.54) is 18.3 Å². The van der Waals surface area contributed by atoms with E-state index in [0.717, 1.165) is 11.6 Å². The van der Waals surface area contributed by atoms with Gasteiger partial charge in [0.1, 0.15) is 0 Å². The van der Waals surface area contributed by atoms with Crippen LogP contribution in [0.15, 0.2) is 84.0 Å². The number of amides is 2. The van der Waals surface area contributed by atoms with Gasteiger partial charge in [-0.15, -0.1) is 0 Å². The van der Waals surface area contributed by atoms with Crippen molar-refractivity contribution in [3.05, 3.63) is 106 Å². The Hall–Kier alpha value is -4.53. The van der Waals surface area contributed by atoms with Crippen LogP contribution in [0.25, 0.3) is 0 Å². The van der Waals surface area contributed by atoms with Gasteiger partial charge in [0.05, 0.1) is 23.6 Å². The van der Waals surface area contributed by atoms with Gasteiger partial charge in [0.15, 0.2) is 5.75 Å². The summed E-state index contributed by atoms with van der Waals surface area (Å²) < 4.78 is 0. The molecule has 3 aromatic rings.